The van der Waals surface area contributed by atoms with Crippen LogP contribution in [0.5, 0.6) is 5.75 Å². The SMILES string of the molecule is COc1ccc(F)c(C(C(=O)O)N(C)Cc2ccon2)c1. The fraction of sp³-hybridized carbons (Fsp3) is 0.286. The van der Waals surface area contributed by atoms with Crippen LogP contribution in [0, 0.1) is 5.82 Å². The van der Waals surface area contributed by atoms with E-state index < -0.39 is 17.8 Å². The Morgan fingerprint density at radius 1 is 1.52 bits per heavy atom. The average molecular weight is 294 g/mol. The number of carboxylic acids is 1. The van der Waals surface area contributed by atoms with Crippen LogP contribution < -0.4 is 4.74 Å². The van der Waals surface area contributed by atoms with Gasteiger partial charge in [0, 0.05) is 18.2 Å². The van der Waals surface area contributed by atoms with Crippen molar-refractivity contribution in [3.63, 3.8) is 0 Å². The third kappa shape index (κ3) is 3.38. The smallest absolute Gasteiger partial charge is 0.325 e. The third-order valence-corrected chi connectivity index (χ3v) is 3.08. The van der Waals surface area contributed by atoms with Crippen molar-refractivity contribution in [2.45, 2.75) is 12.6 Å². The number of methoxy groups -OCH3 is 1. The number of rotatable bonds is 6. The molecule has 0 aliphatic heterocycles. The lowest BCUT2D eigenvalue weighted by atomic mass is 10.0. The summed E-state index contributed by atoms with van der Waals surface area (Å²) in [5, 5.41) is 13.1. The van der Waals surface area contributed by atoms with Gasteiger partial charge in [-0.3, -0.25) is 9.69 Å². The van der Waals surface area contributed by atoms with E-state index >= 15 is 0 Å². The summed E-state index contributed by atoms with van der Waals surface area (Å²) >= 11 is 0. The van der Waals surface area contributed by atoms with E-state index in [1.54, 1.807) is 13.1 Å². The monoisotopic (exact) mass is 294 g/mol. The zero-order valence-electron chi connectivity index (χ0n) is 11.6. The number of nitrogens with zero attached hydrogens (tertiary/aromatic N) is 2. The zero-order valence-corrected chi connectivity index (χ0v) is 11.6. The van der Waals surface area contributed by atoms with Crippen molar-refractivity contribution in [2.75, 3.05) is 14.2 Å². The van der Waals surface area contributed by atoms with Crippen molar-refractivity contribution in [3.8, 4) is 5.75 Å². The molecule has 1 aromatic heterocycles. The molecule has 1 unspecified atom stereocenters. The number of halogens is 1. The molecule has 1 aromatic carbocycles. The van der Waals surface area contributed by atoms with Crippen LogP contribution in [0.15, 0.2) is 35.1 Å². The van der Waals surface area contributed by atoms with Crippen LogP contribution in [0.1, 0.15) is 17.3 Å². The summed E-state index contributed by atoms with van der Waals surface area (Å²) in [7, 11) is 3.01. The lowest BCUT2D eigenvalue weighted by molar-refractivity contribution is -0.143. The van der Waals surface area contributed by atoms with Crippen molar-refractivity contribution in [3.05, 3.63) is 47.6 Å². The first-order valence-electron chi connectivity index (χ1n) is 6.18. The average Bonchev–Trinajstić information content (AvgIpc) is 2.93. The summed E-state index contributed by atoms with van der Waals surface area (Å²) in [6, 6.07) is 4.48. The van der Waals surface area contributed by atoms with Crippen LogP contribution in [0.3, 0.4) is 0 Å². The number of hydrogen-bond acceptors (Lipinski definition) is 5. The largest absolute Gasteiger partial charge is 0.497 e. The van der Waals surface area contributed by atoms with E-state index in [1.807, 2.05) is 0 Å². The van der Waals surface area contributed by atoms with Gasteiger partial charge in [-0.15, -0.1) is 0 Å². The summed E-state index contributed by atoms with van der Waals surface area (Å²) in [6.45, 7) is 0.212. The summed E-state index contributed by atoms with van der Waals surface area (Å²) < 4.78 is 23.7. The number of benzene rings is 1. The van der Waals surface area contributed by atoms with Gasteiger partial charge in [-0.25, -0.2) is 4.39 Å². The molecule has 1 heterocycles. The Morgan fingerprint density at radius 2 is 2.29 bits per heavy atom. The highest BCUT2D eigenvalue weighted by Crippen LogP contribution is 2.27. The summed E-state index contributed by atoms with van der Waals surface area (Å²) in [5.74, 6) is -1.36. The molecule has 7 heteroatoms. The first kappa shape index (κ1) is 15.0. The molecular weight excluding hydrogens is 279 g/mol. The molecule has 0 radical (unpaired) electrons. The third-order valence-electron chi connectivity index (χ3n) is 3.08. The van der Waals surface area contributed by atoms with E-state index in [-0.39, 0.29) is 12.1 Å². The van der Waals surface area contributed by atoms with E-state index in [2.05, 4.69) is 5.16 Å². The maximum atomic E-state index is 14.0. The van der Waals surface area contributed by atoms with Gasteiger partial charge in [-0.05, 0) is 25.2 Å². The molecule has 2 aromatic rings. The number of carboxylic acid groups (broad SMARTS) is 1. The van der Waals surface area contributed by atoms with E-state index in [0.29, 0.717) is 11.4 Å². The Kier molecular flexibility index (Phi) is 4.54. The van der Waals surface area contributed by atoms with E-state index in [0.717, 1.165) is 0 Å². The van der Waals surface area contributed by atoms with Crippen LogP contribution in [0.2, 0.25) is 0 Å². The number of ether oxygens (including phenoxy) is 1. The molecule has 0 saturated carbocycles. The van der Waals surface area contributed by atoms with E-state index in [1.165, 1.54) is 36.5 Å². The predicted molar refractivity (Wildman–Crippen MR) is 71.3 cm³/mol. The second kappa shape index (κ2) is 6.36. The van der Waals surface area contributed by atoms with Gasteiger partial charge in [0.15, 0.2) is 0 Å². The maximum absolute atomic E-state index is 14.0. The van der Waals surface area contributed by atoms with E-state index in [4.69, 9.17) is 9.26 Å². The fourth-order valence-corrected chi connectivity index (χ4v) is 2.08. The summed E-state index contributed by atoms with van der Waals surface area (Å²) in [6.07, 6.45) is 1.39. The molecule has 0 aliphatic carbocycles. The van der Waals surface area contributed by atoms with Crippen molar-refractivity contribution in [1.82, 2.24) is 10.1 Å². The lowest BCUT2D eigenvalue weighted by Crippen LogP contribution is -2.31. The van der Waals surface area contributed by atoms with Gasteiger partial charge in [0.25, 0.3) is 0 Å². The summed E-state index contributed by atoms with van der Waals surface area (Å²) in [4.78, 5) is 13.0. The highest BCUT2D eigenvalue weighted by Gasteiger charge is 2.28. The van der Waals surface area contributed by atoms with Gasteiger partial charge in [-0.2, -0.15) is 0 Å². The van der Waals surface area contributed by atoms with Crippen molar-refractivity contribution in [1.29, 1.82) is 0 Å². The molecule has 1 atom stereocenters. The Bertz CT molecular complexity index is 615. The van der Waals surface area contributed by atoms with Gasteiger partial charge in [0.1, 0.15) is 23.9 Å². The fourth-order valence-electron chi connectivity index (χ4n) is 2.08. The van der Waals surface area contributed by atoms with Gasteiger partial charge in [0.05, 0.1) is 12.8 Å². The number of hydrogen-bond donors (Lipinski definition) is 1. The first-order valence-corrected chi connectivity index (χ1v) is 6.18. The minimum Gasteiger partial charge on any atom is -0.497 e. The Hall–Kier alpha value is -2.41. The highest BCUT2D eigenvalue weighted by atomic mass is 19.1. The van der Waals surface area contributed by atoms with E-state index in [9.17, 15) is 14.3 Å². The minimum atomic E-state index is -1.16. The molecule has 0 saturated heterocycles. The lowest BCUT2D eigenvalue weighted by Gasteiger charge is -2.24. The number of aliphatic carboxylic acids is 1. The molecule has 0 aliphatic rings. The van der Waals surface area contributed by atoms with Gasteiger partial charge >= 0.3 is 5.97 Å². The molecule has 2 rings (SSSR count). The quantitative estimate of drug-likeness (QED) is 0.879. The molecule has 0 bridgehead atoms. The van der Waals surface area contributed by atoms with Crippen LogP contribution in [-0.4, -0.2) is 35.3 Å². The zero-order chi connectivity index (χ0) is 15.4. The van der Waals surface area contributed by atoms with Crippen LogP contribution >= 0.6 is 0 Å². The molecule has 0 fully saturated rings. The Balaban J connectivity index is 2.32. The molecular formula is C14H15FN2O4. The van der Waals surface area contributed by atoms with Crippen molar-refractivity contribution >= 4 is 5.97 Å². The molecule has 0 spiro atoms. The summed E-state index contributed by atoms with van der Waals surface area (Å²) in [5.41, 5.74) is 0.597. The second-order valence-electron chi connectivity index (χ2n) is 4.53. The molecule has 0 amide bonds. The standard InChI is InChI=1S/C14H15FN2O4/c1-17(8-9-5-6-21-16-9)13(14(18)19)11-7-10(20-2)3-4-12(11)15/h3-7,13H,8H2,1-2H3,(H,18,19). The molecule has 6 nitrogen and oxygen atoms in total. The number of likely N-dealkylation sites (N-methyl/N-ethyl adjacent to an activating group) is 1. The maximum Gasteiger partial charge on any atom is 0.325 e. The number of carbonyl (C=O) groups is 1. The van der Waals surface area contributed by atoms with Gasteiger partial charge < -0.3 is 14.4 Å². The Morgan fingerprint density at radius 3 is 2.86 bits per heavy atom. The number of aromatic nitrogens is 1. The van der Waals surface area contributed by atoms with Crippen LogP contribution in [0.4, 0.5) is 4.39 Å². The van der Waals surface area contributed by atoms with Crippen molar-refractivity contribution in [2.24, 2.45) is 0 Å². The van der Waals surface area contributed by atoms with Crippen LogP contribution in [-0.2, 0) is 11.3 Å². The molecule has 112 valence electrons. The van der Waals surface area contributed by atoms with Crippen molar-refractivity contribution < 1.29 is 23.6 Å². The topological polar surface area (TPSA) is 75.8 Å². The normalized spacial score (nSPS) is 12.4. The van der Waals surface area contributed by atoms with Crippen LogP contribution in [0.25, 0.3) is 0 Å². The first-order chi connectivity index (χ1) is 10.0. The molecule has 1 N–H and O–H groups in total. The Labute approximate surface area is 120 Å². The van der Waals surface area contributed by atoms with Gasteiger partial charge in [-0.1, -0.05) is 5.16 Å². The predicted octanol–water partition coefficient (Wildman–Crippen LogP) is 2.08. The molecule has 21 heavy (non-hydrogen) atoms. The second-order valence-corrected chi connectivity index (χ2v) is 4.53. The highest BCUT2D eigenvalue weighted by molar-refractivity contribution is 5.75. The minimum absolute atomic E-state index is 0.0350. The van der Waals surface area contributed by atoms with Gasteiger partial charge in [0.2, 0.25) is 0 Å².